The zero-order chi connectivity index (χ0) is 16.9. The summed E-state index contributed by atoms with van der Waals surface area (Å²) in [6.45, 7) is 6.33. The van der Waals surface area contributed by atoms with E-state index in [1.807, 2.05) is 0 Å². The fourth-order valence-corrected chi connectivity index (χ4v) is 6.12. The Morgan fingerprint density at radius 2 is 1.96 bits per heavy atom. The van der Waals surface area contributed by atoms with E-state index in [2.05, 4.69) is 6.92 Å². The average Bonchev–Trinajstić information content (AvgIpc) is 2.98. The molecule has 1 saturated carbocycles. The summed E-state index contributed by atoms with van der Waals surface area (Å²) in [5, 5.41) is 9.84. The summed E-state index contributed by atoms with van der Waals surface area (Å²) in [5.74, 6) is 2.25. The molecule has 2 aliphatic carbocycles. The first kappa shape index (κ1) is 19.3. The number of hydrogen-bond acceptors (Lipinski definition) is 6. The smallest absolute Gasteiger partial charge is 0.407 e. The van der Waals surface area contributed by atoms with Crippen molar-refractivity contribution in [1.82, 2.24) is 0 Å². The summed E-state index contributed by atoms with van der Waals surface area (Å²) in [6, 6.07) is 0. The summed E-state index contributed by atoms with van der Waals surface area (Å²) in [5.41, 5.74) is 1.26. The van der Waals surface area contributed by atoms with Gasteiger partial charge in [0.15, 0.2) is 0 Å². The normalized spacial score (nSPS) is 28.1. The van der Waals surface area contributed by atoms with E-state index in [1.165, 1.54) is 5.57 Å². The highest BCUT2D eigenvalue weighted by Crippen LogP contribution is 2.57. The average molecular weight is 364 g/mol. The number of hydrogen-bond donors (Lipinski definition) is 1. The number of aliphatic hydroxyl groups excluding tert-OH is 1. The largest absolute Gasteiger partial charge is 0.529 e. The van der Waals surface area contributed by atoms with Gasteiger partial charge < -0.3 is 9.63 Å². The molecule has 0 spiro atoms. The van der Waals surface area contributed by atoms with E-state index in [1.54, 1.807) is 25.6 Å². The molecule has 1 fully saturated rings. The maximum absolute atomic E-state index is 12.8. The Hall–Kier alpha value is -0.0000000000000000555. The minimum Gasteiger partial charge on any atom is -0.407 e. The Balaban J connectivity index is 2.33. The van der Waals surface area contributed by atoms with Crippen molar-refractivity contribution in [3.63, 3.8) is 0 Å². The predicted molar refractivity (Wildman–Crippen MR) is 93.4 cm³/mol. The van der Waals surface area contributed by atoms with Crippen molar-refractivity contribution in [1.29, 1.82) is 0 Å². The Morgan fingerprint density at radius 3 is 2.52 bits per heavy atom. The first-order chi connectivity index (χ1) is 11.1. The van der Waals surface area contributed by atoms with Crippen molar-refractivity contribution in [3.8, 4) is 0 Å². The Bertz CT molecular complexity index is 457. The van der Waals surface area contributed by atoms with E-state index in [9.17, 15) is 9.67 Å². The number of phosphoric ester groups is 1. The third kappa shape index (κ3) is 4.55. The summed E-state index contributed by atoms with van der Waals surface area (Å²) < 4.78 is 29.4. The molecule has 0 radical (unpaired) electrons. The van der Waals surface area contributed by atoms with Gasteiger partial charge in [-0.1, -0.05) is 6.92 Å². The number of thioether (sulfide) groups is 1. The molecule has 1 N–H and O–H groups in total. The van der Waals surface area contributed by atoms with Crippen molar-refractivity contribution in [3.05, 3.63) is 11.3 Å². The van der Waals surface area contributed by atoms with E-state index in [0.29, 0.717) is 5.92 Å². The van der Waals surface area contributed by atoms with Gasteiger partial charge >= 0.3 is 7.82 Å². The second-order valence-electron chi connectivity index (χ2n) is 5.91. The fourth-order valence-electron chi connectivity index (χ4n) is 3.59. The monoisotopic (exact) mass is 364 g/mol. The van der Waals surface area contributed by atoms with E-state index in [0.717, 1.165) is 37.2 Å². The lowest BCUT2D eigenvalue weighted by molar-refractivity contribution is 0.128. The molecule has 7 heteroatoms. The molecule has 2 aliphatic rings. The van der Waals surface area contributed by atoms with E-state index < -0.39 is 7.82 Å². The predicted octanol–water partition coefficient (Wildman–Crippen LogP) is 4.37. The minimum absolute atomic E-state index is 0.0311. The molecule has 0 bridgehead atoms. The molecule has 0 unspecified atom stereocenters. The van der Waals surface area contributed by atoms with Gasteiger partial charge in [0.2, 0.25) is 0 Å². The highest BCUT2D eigenvalue weighted by Gasteiger charge is 2.43. The van der Waals surface area contributed by atoms with Crippen LogP contribution in [0.4, 0.5) is 0 Å². The van der Waals surface area contributed by atoms with Gasteiger partial charge in [0, 0.05) is 12.5 Å². The number of aliphatic hydroxyl groups is 1. The van der Waals surface area contributed by atoms with Gasteiger partial charge in [-0.25, -0.2) is 4.57 Å². The molecule has 0 heterocycles. The molecule has 0 aromatic rings. The van der Waals surface area contributed by atoms with Crippen LogP contribution in [0.25, 0.3) is 0 Å². The summed E-state index contributed by atoms with van der Waals surface area (Å²) >= 11 is 1.74. The van der Waals surface area contributed by atoms with Crippen LogP contribution in [0.3, 0.4) is 0 Å². The zero-order valence-electron chi connectivity index (χ0n) is 14.3. The van der Waals surface area contributed by atoms with Gasteiger partial charge in [-0.05, 0) is 56.8 Å². The molecular formula is C16H29O5PS. The van der Waals surface area contributed by atoms with Crippen LogP contribution in [0.15, 0.2) is 11.3 Å². The second kappa shape index (κ2) is 8.91. The van der Waals surface area contributed by atoms with Gasteiger partial charge in [0.25, 0.3) is 0 Å². The van der Waals surface area contributed by atoms with E-state index in [-0.39, 0.29) is 31.0 Å². The number of rotatable bonds is 9. The molecular weight excluding hydrogens is 335 g/mol. The SMILES string of the molecule is CCOP(=O)(OCC)OC1=C2CCC[C@@H]2C[C@H](CO)[C@@H]1SCC. The van der Waals surface area contributed by atoms with Crippen LogP contribution in [-0.2, 0) is 18.1 Å². The Labute approximate surface area is 143 Å². The van der Waals surface area contributed by atoms with Gasteiger partial charge in [-0.3, -0.25) is 9.05 Å². The molecule has 0 saturated heterocycles. The van der Waals surface area contributed by atoms with Gasteiger partial charge in [-0.15, -0.1) is 0 Å². The van der Waals surface area contributed by atoms with Crippen LogP contribution in [-0.4, -0.2) is 35.9 Å². The summed E-state index contributed by atoms with van der Waals surface area (Å²) in [6.07, 6.45) is 4.22. The zero-order valence-corrected chi connectivity index (χ0v) is 16.0. The topological polar surface area (TPSA) is 65.0 Å². The van der Waals surface area contributed by atoms with Crippen LogP contribution < -0.4 is 0 Å². The van der Waals surface area contributed by atoms with Crippen molar-refractivity contribution in [2.45, 2.75) is 51.7 Å². The lowest BCUT2D eigenvalue weighted by atomic mass is 9.81. The third-order valence-corrected chi connectivity index (χ3v) is 7.31. The molecule has 3 atom stereocenters. The maximum atomic E-state index is 12.8. The highest BCUT2D eigenvalue weighted by molar-refractivity contribution is 8.00. The Kier molecular flexibility index (Phi) is 7.49. The highest BCUT2D eigenvalue weighted by atomic mass is 32.2. The summed E-state index contributed by atoms with van der Waals surface area (Å²) in [7, 11) is -3.59. The number of fused-ring (bicyclic) bond motifs is 1. The molecule has 2 rings (SSSR count). The number of allylic oxidation sites excluding steroid dienone is 1. The van der Waals surface area contributed by atoms with E-state index in [4.69, 9.17) is 13.6 Å². The van der Waals surface area contributed by atoms with Crippen LogP contribution in [0, 0.1) is 11.8 Å². The van der Waals surface area contributed by atoms with Gasteiger partial charge in [-0.2, -0.15) is 11.8 Å². The molecule has 0 aliphatic heterocycles. The fraction of sp³-hybridized carbons (Fsp3) is 0.875. The maximum Gasteiger partial charge on any atom is 0.529 e. The lowest BCUT2D eigenvalue weighted by Crippen LogP contribution is -2.32. The minimum atomic E-state index is -3.59. The van der Waals surface area contributed by atoms with Crippen LogP contribution in [0.2, 0.25) is 0 Å². The first-order valence-corrected chi connectivity index (χ1v) is 11.1. The lowest BCUT2D eigenvalue weighted by Gasteiger charge is -2.36. The van der Waals surface area contributed by atoms with Gasteiger partial charge in [0.05, 0.1) is 18.5 Å². The second-order valence-corrected chi connectivity index (χ2v) is 8.92. The standard InChI is InChI=1S/C16H29O5PS/c1-4-19-22(18,20-5-2)21-15-14-9-7-8-12(14)10-13(11-17)16(15)23-6-3/h12-13,16-17H,4-11H2,1-3H3/t12-,13-,16+/m1/s1. The van der Waals surface area contributed by atoms with Crippen LogP contribution in [0.5, 0.6) is 0 Å². The Morgan fingerprint density at radius 1 is 1.26 bits per heavy atom. The number of phosphoric acid groups is 1. The molecule has 0 amide bonds. The van der Waals surface area contributed by atoms with E-state index >= 15 is 0 Å². The van der Waals surface area contributed by atoms with Crippen LogP contribution in [0.1, 0.15) is 46.5 Å². The van der Waals surface area contributed by atoms with Crippen molar-refractivity contribution in [2.24, 2.45) is 11.8 Å². The van der Waals surface area contributed by atoms with Crippen molar-refractivity contribution < 1.29 is 23.2 Å². The third-order valence-electron chi connectivity index (χ3n) is 4.45. The first-order valence-electron chi connectivity index (χ1n) is 8.62. The molecule has 5 nitrogen and oxygen atoms in total. The molecule has 134 valence electrons. The van der Waals surface area contributed by atoms with Crippen LogP contribution >= 0.6 is 19.6 Å². The van der Waals surface area contributed by atoms with Gasteiger partial charge in [0.1, 0.15) is 5.76 Å². The van der Waals surface area contributed by atoms with Crippen molar-refractivity contribution in [2.75, 3.05) is 25.6 Å². The summed E-state index contributed by atoms with van der Waals surface area (Å²) in [4.78, 5) is 0. The molecule has 0 aromatic carbocycles. The van der Waals surface area contributed by atoms with Crippen molar-refractivity contribution >= 4 is 19.6 Å². The molecule has 0 aromatic heterocycles. The molecule has 23 heavy (non-hydrogen) atoms. The quantitative estimate of drug-likeness (QED) is 0.613.